The van der Waals surface area contributed by atoms with E-state index in [9.17, 15) is 4.79 Å². The molecule has 0 fully saturated rings. The minimum atomic E-state index is -0.647. The third-order valence-electron chi connectivity index (χ3n) is 1.75. The number of rotatable bonds is 3. The van der Waals surface area contributed by atoms with Crippen molar-refractivity contribution in [2.75, 3.05) is 5.73 Å². The Bertz CT molecular complexity index is 423. The fourth-order valence-electron chi connectivity index (χ4n) is 1.06. The van der Waals surface area contributed by atoms with Gasteiger partial charge in [0.05, 0.1) is 5.56 Å². The van der Waals surface area contributed by atoms with E-state index >= 15 is 0 Å². The lowest BCUT2D eigenvalue weighted by molar-refractivity contribution is 0.0995. The molecule has 1 unspecified atom stereocenters. The smallest absolute Gasteiger partial charge is 0.252 e. The second-order valence-corrected chi connectivity index (χ2v) is 3.01. The summed E-state index contributed by atoms with van der Waals surface area (Å²) in [5, 5.41) is 8.56. The van der Waals surface area contributed by atoms with Gasteiger partial charge in [0.1, 0.15) is 11.8 Å². The van der Waals surface area contributed by atoms with Crippen molar-refractivity contribution in [3.05, 3.63) is 23.8 Å². The molecule has 1 amide bonds. The molecule has 0 aliphatic heterocycles. The molecule has 1 aromatic carbocycles. The predicted octanol–water partition coefficient (Wildman–Crippen LogP) is 0.659. The molecule has 0 heterocycles. The molecule has 1 aromatic rings. The lowest BCUT2D eigenvalue weighted by Gasteiger charge is -2.11. The average molecular weight is 205 g/mol. The van der Waals surface area contributed by atoms with E-state index in [2.05, 4.69) is 0 Å². The Hall–Kier alpha value is -2.22. The standard InChI is InChI=1S/C10H11N3O2/c1-6(5-11)15-9-3-2-7(12)4-8(9)10(13)14/h2-4,6H,12H2,1H3,(H2,13,14). The van der Waals surface area contributed by atoms with E-state index < -0.39 is 12.0 Å². The van der Waals surface area contributed by atoms with Gasteiger partial charge in [-0.05, 0) is 25.1 Å². The molecule has 15 heavy (non-hydrogen) atoms. The van der Waals surface area contributed by atoms with Crippen molar-refractivity contribution in [1.82, 2.24) is 0 Å². The predicted molar refractivity (Wildman–Crippen MR) is 55.1 cm³/mol. The molecule has 0 radical (unpaired) electrons. The zero-order chi connectivity index (χ0) is 11.4. The van der Waals surface area contributed by atoms with Crippen molar-refractivity contribution < 1.29 is 9.53 Å². The normalized spacial score (nSPS) is 11.5. The number of nitrogens with two attached hydrogens (primary N) is 2. The summed E-state index contributed by atoms with van der Waals surface area (Å²) in [6.07, 6.45) is -0.647. The quantitative estimate of drug-likeness (QED) is 0.707. The summed E-state index contributed by atoms with van der Waals surface area (Å²) < 4.78 is 5.19. The van der Waals surface area contributed by atoms with E-state index in [0.717, 1.165) is 0 Å². The zero-order valence-corrected chi connectivity index (χ0v) is 8.23. The Morgan fingerprint density at radius 2 is 2.27 bits per heavy atom. The third kappa shape index (κ3) is 2.61. The lowest BCUT2D eigenvalue weighted by atomic mass is 10.1. The van der Waals surface area contributed by atoms with Gasteiger partial charge in [-0.15, -0.1) is 0 Å². The lowest BCUT2D eigenvalue weighted by Crippen LogP contribution is -2.16. The number of nitrogen functional groups attached to an aromatic ring is 1. The summed E-state index contributed by atoms with van der Waals surface area (Å²) in [5.74, 6) is -0.367. The maximum atomic E-state index is 11.0. The van der Waals surface area contributed by atoms with Crippen LogP contribution in [0.4, 0.5) is 5.69 Å². The number of carbonyl (C=O) groups is 1. The maximum absolute atomic E-state index is 11.0. The van der Waals surface area contributed by atoms with Crippen LogP contribution in [0, 0.1) is 11.3 Å². The second-order valence-electron chi connectivity index (χ2n) is 3.01. The van der Waals surface area contributed by atoms with Crippen molar-refractivity contribution >= 4 is 11.6 Å². The average Bonchev–Trinajstić information content (AvgIpc) is 2.20. The topological polar surface area (TPSA) is 102 Å². The maximum Gasteiger partial charge on any atom is 0.252 e. The number of amides is 1. The minimum absolute atomic E-state index is 0.178. The molecule has 0 saturated carbocycles. The van der Waals surface area contributed by atoms with E-state index in [1.54, 1.807) is 13.0 Å². The first kappa shape index (κ1) is 10.9. The number of carbonyl (C=O) groups excluding carboxylic acids is 1. The molecule has 1 atom stereocenters. The molecule has 0 aliphatic rings. The number of ether oxygens (including phenoxy) is 1. The van der Waals surface area contributed by atoms with Crippen LogP contribution in [0.2, 0.25) is 0 Å². The molecule has 5 nitrogen and oxygen atoms in total. The molecule has 1 rings (SSSR count). The Kier molecular flexibility index (Phi) is 3.13. The van der Waals surface area contributed by atoms with Gasteiger partial charge in [0.15, 0.2) is 6.10 Å². The van der Waals surface area contributed by atoms with Crippen LogP contribution in [0.5, 0.6) is 5.75 Å². The first-order valence-electron chi connectivity index (χ1n) is 4.30. The largest absolute Gasteiger partial charge is 0.475 e. The fraction of sp³-hybridized carbons (Fsp3) is 0.200. The summed E-state index contributed by atoms with van der Waals surface area (Å²) in [6.45, 7) is 1.57. The van der Waals surface area contributed by atoms with E-state index in [1.165, 1.54) is 12.1 Å². The monoisotopic (exact) mass is 205 g/mol. The Morgan fingerprint density at radius 3 is 2.80 bits per heavy atom. The van der Waals surface area contributed by atoms with Gasteiger partial charge < -0.3 is 16.2 Å². The van der Waals surface area contributed by atoms with Crippen molar-refractivity contribution in [3.63, 3.8) is 0 Å². The van der Waals surface area contributed by atoms with Gasteiger partial charge in [-0.1, -0.05) is 0 Å². The van der Waals surface area contributed by atoms with Crippen LogP contribution < -0.4 is 16.2 Å². The number of hydrogen-bond acceptors (Lipinski definition) is 4. The molecular formula is C10H11N3O2. The van der Waals surface area contributed by atoms with E-state index in [1.807, 2.05) is 6.07 Å². The molecule has 0 bridgehead atoms. The van der Waals surface area contributed by atoms with Crippen LogP contribution in [-0.4, -0.2) is 12.0 Å². The second kappa shape index (κ2) is 4.33. The number of benzene rings is 1. The van der Waals surface area contributed by atoms with Crippen LogP contribution in [0.1, 0.15) is 17.3 Å². The van der Waals surface area contributed by atoms with E-state index in [0.29, 0.717) is 5.69 Å². The summed E-state index contributed by atoms with van der Waals surface area (Å²) in [7, 11) is 0. The highest BCUT2D eigenvalue weighted by Crippen LogP contribution is 2.21. The van der Waals surface area contributed by atoms with Gasteiger partial charge in [-0.3, -0.25) is 4.79 Å². The highest BCUT2D eigenvalue weighted by Gasteiger charge is 2.12. The molecule has 0 saturated heterocycles. The number of anilines is 1. The number of nitrogens with zero attached hydrogens (tertiary/aromatic N) is 1. The van der Waals surface area contributed by atoms with Gasteiger partial charge in [-0.2, -0.15) is 5.26 Å². The van der Waals surface area contributed by atoms with Gasteiger partial charge >= 0.3 is 0 Å². The van der Waals surface area contributed by atoms with Crippen LogP contribution in [0.15, 0.2) is 18.2 Å². The summed E-state index contributed by atoms with van der Waals surface area (Å²) >= 11 is 0. The Balaban J connectivity index is 3.07. The molecule has 5 heteroatoms. The summed E-state index contributed by atoms with van der Waals surface area (Å²) in [6, 6.07) is 6.40. The van der Waals surface area contributed by atoms with Crippen molar-refractivity contribution in [2.45, 2.75) is 13.0 Å². The first-order chi connectivity index (χ1) is 7.04. The summed E-state index contributed by atoms with van der Waals surface area (Å²) in [5.41, 5.74) is 11.2. The summed E-state index contributed by atoms with van der Waals surface area (Å²) in [4.78, 5) is 11.0. The van der Waals surface area contributed by atoms with Crippen LogP contribution in [0.3, 0.4) is 0 Å². The minimum Gasteiger partial charge on any atom is -0.475 e. The molecule has 0 aliphatic carbocycles. The van der Waals surface area contributed by atoms with Gasteiger partial charge in [0.25, 0.3) is 5.91 Å². The first-order valence-corrected chi connectivity index (χ1v) is 4.30. The number of nitriles is 1. The van der Waals surface area contributed by atoms with E-state index in [-0.39, 0.29) is 11.3 Å². The molecule has 78 valence electrons. The van der Waals surface area contributed by atoms with Crippen LogP contribution >= 0.6 is 0 Å². The van der Waals surface area contributed by atoms with Gasteiger partial charge in [0.2, 0.25) is 0 Å². The number of hydrogen-bond donors (Lipinski definition) is 2. The van der Waals surface area contributed by atoms with Crippen LogP contribution in [-0.2, 0) is 0 Å². The van der Waals surface area contributed by atoms with E-state index in [4.69, 9.17) is 21.5 Å². The van der Waals surface area contributed by atoms with Gasteiger partial charge in [-0.25, -0.2) is 0 Å². The fourth-order valence-corrected chi connectivity index (χ4v) is 1.06. The SMILES string of the molecule is CC(C#N)Oc1ccc(N)cc1C(N)=O. The van der Waals surface area contributed by atoms with Crippen molar-refractivity contribution in [3.8, 4) is 11.8 Å². The Labute approximate surface area is 87.2 Å². The highest BCUT2D eigenvalue weighted by atomic mass is 16.5. The molecule has 4 N–H and O–H groups in total. The highest BCUT2D eigenvalue weighted by molar-refractivity contribution is 5.96. The molecule has 0 aromatic heterocycles. The van der Waals surface area contributed by atoms with Crippen LogP contribution in [0.25, 0.3) is 0 Å². The molecule has 0 spiro atoms. The Morgan fingerprint density at radius 1 is 1.60 bits per heavy atom. The molecular weight excluding hydrogens is 194 g/mol. The zero-order valence-electron chi connectivity index (χ0n) is 8.23. The number of primary amides is 1. The van der Waals surface area contributed by atoms with Gasteiger partial charge in [0, 0.05) is 5.69 Å². The third-order valence-corrected chi connectivity index (χ3v) is 1.75. The van der Waals surface area contributed by atoms with Crippen molar-refractivity contribution in [2.24, 2.45) is 5.73 Å². The van der Waals surface area contributed by atoms with Crippen molar-refractivity contribution in [1.29, 1.82) is 5.26 Å².